The zero-order valence-electron chi connectivity index (χ0n) is 6.16. The molecular weight excluding hydrogens is 156 g/mol. The molecule has 0 saturated heterocycles. The fourth-order valence-electron chi connectivity index (χ4n) is 1.01. The number of H-pyrrole nitrogens is 2. The maximum atomic E-state index is 10.7. The first-order valence-corrected chi connectivity index (χ1v) is 3.43. The van der Waals surface area contributed by atoms with E-state index in [2.05, 4.69) is 15.0 Å². The first-order valence-electron chi connectivity index (χ1n) is 3.43. The quantitative estimate of drug-likeness (QED) is 0.592. The van der Waals surface area contributed by atoms with Crippen LogP contribution in [0.1, 0.15) is 10.5 Å². The highest BCUT2D eigenvalue weighted by molar-refractivity contribution is 5.92. The van der Waals surface area contributed by atoms with Crippen molar-refractivity contribution in [3.8, 4) is 0 Å². The Bertz CT molecular complexity index is 434. The molecule has 60 valence electrons. The van der Waals surface area contributed by atoms with Crippen molar-refractivity contribution < 1.29 is 9.78 Å². The molecule has 0 radical (unpaired) electrons. The van der Waals surface area contributed by atoms with Crippen LogP contribution in [0, 0.1) is 0 Å². The van der Waals surface area contributed by atoms with E-state index in [1.54, 1.807) is 18.5 Å². The van der Waals surface area contributed by atoms with Crippen molar-refractivity contribution in [2.45, 2.75) is 0 Å². The second-order valence-electron chi connectivity index (χ2n) is 2.39. The number of carbonyl (C=O) groups excluding carboxylic acids is 1. The van der Waals surface area contributed by atoms with Gasteiger partial charge in [-0.1, -0.05) is 4.98 Å². The molecule has 2 heterocycles. The first-order chi connectivity index (χ1) is 5.77. The average Bonchev–Trinajstić information content (AvgIpc) is 2.49. The van der Waals surface area contributed by atoms with Crippen molar-refractivity contribution in [3.05, 3.63) is 24.2 Å². The van der Waals surface area contributed by atoms with Gasteiger partial charge in [-0.05, 0) is 12.1 Å². The van der Waals surface area contributed by atoms with Crippen LogP contribution in [0.25, 0.3) is 11.2 Å². The van der Waals surface area contributed by atoms with E-state index in [1.165, 1.54) is 0 Å². The third-order valence-electron chi connectivity index (χ3n) is 1.58. The second-order valence-corrected chi connectivity index (χ2v) is 2.39. The molecule has 0 aromatic carbocycles. The zero-order valence-corrected chi connectivity index (χ0v) is 6.16. The van der Waals surface area contributed by atoms with Gasteiger partial charge in [0.1, 0.15) is 0 Å². The summed E-state index contributed by atoms with van der Waals surface area (Å²) in [6.07, 6.45) is 1.64. The molecule has 1 amide bonds. The van der Waals surface area contributed by atoms with E-state index in [9.17, 15) is 4.79 Å². The maximum absolute atomic E-state index is 10.7. The number of primary amides is 1. The number of aromatic nitrogens is 3. The highest BCUT2D eigenvalue weighted by Gasteiger charge is 2.10. The van der Waals surface area contributed by atoms with Gasteiger partial charge in [-0.15, -0.1) is 0 Å². The smallest absolute Gasteiger partial charge is 0.299 e. The SMILES string of the molecule is NC(=O)c1ccc2[nH]c[nH+]c2n1. The van der Waals surface area contributed by atoms with Crippen LogP contribution in [-0.4, -0.2) is 15.9 Å². The largest absolute Gasteiger partial charge is 0.363 e. The molecular formula is C7H7N4O+. The van der Waals surface area contributed by atoms with Crippen LogP contribution in [-0.2, 0) is 0 Å². The second kappa shape index (κ2) is 2.30. The van der Waals surface area contributed by atoms with E-state index in [-0.39, 0.29) is 5.69 Å². The van der Waals surface area contributed by atoms with E-state index in [1.807, 2.05) is 0 Å². The summed E-state index contributed by atoms with van der Waals surface area (Å²) in [4.78, 5) is 20.4. The van der Waals surface area contributed by atoms with Crippen LogP contribution in [0.5, 0.6) is 0 Å². The lowest BCUT2D eigenvalue weighted by Crippen LogP contribution is -2.13. The van der Waals surface area contributed by atoms with Gasteiger partial charge in [0.05, 0.1) is 0 Å². The summed E-state index contributed by atoms with van der Waals surface area (Å²) >= 11 is 0. The number of imidazole rings is 1. The van der Waals surface area contributed by atoms with Crippen molar-refractivity contribution in [2.24, 2.45) is 5.73 Å². The Morgan fingerprint density at radius 1 is 1.58 bits per heavy atom. The monoisotopic (exact) mass is 163 g/mol. The molecule has 12 heavy (non-hydrogen) atoms. The molecule has 0 bridgehead atoms. The molecule has 0 fully saturated rings. The summed E-state index contributed by atoms with van der Waals surface area (Å²) in [7, 11) is 0. The van der Waals surface area contributed by atoms with E-state index >= 15 is 0 Å². The number of amides is 1. The number of aromatic amines is 2. The highest BCUT2D eigenvalue weighted by Crippen LogP contribution is 2.03. The molecule has 0 saturated carbocycles. The molecule has 0 aliphatic heterocycles. The summed E-state index contributed by atoms with van der Waals surface area (Å²) in [6.45, 7) is 0. The van der Waals surface area contributed by atoms with Gasteiger partial charge in [-0.2, -0.15) is 0 Å². The van der Waals surface area contributed by atoms with Crippen molar-refractivity contribution in [1.82, 2.24) is 9.97 Å². The van der Waals surface area contributed by atoms with Gasteiger partial charge in [-0.25, -0.2) is 4.98 Å². The van der Waals surface area contributed by atoms with Crippen LogP contribution < -0.4 is 10.7 Å². The normalized spacial score (nSPS) is 10.3. The molecule has 2 aromatic rings. The number of nitrogens with zero attached hydrogens (tertiary/aromatic N) is 1. The number of hydrogen-bond acceptors (Lipinski definition) is 2. The van der Waals surface area contributed by atoms with E-state index in [0.29, 0.717) is 5.65 Å². The number of hydrogen-bond donors (Lipinski definition) is 2. The lowest BCUT2D eigenvalue weighted by atomic mass is 10.3. The van der Waals surface area contributed by atoms with Gasteiger partial charge >= 0.3 is 0 Å². The fraction of sp³-hybridized carbons (Fsp3) is 0. The maximum Gasteiger partial charge on any atom is 0.299 e. The molecule has 0 aliphatic rings. The van der Waals surface area contributed by atoms with Gasteiger partial charge in [0.2, 0.25) is 5.69 Å². The Morgan fingerprint density at radius 3 is 3.17 bits per heavy atom. The Kier molecular flexibility index (Phi) is 1.30. The number of carbonyl (C=O) groups is 1. The predicted octanol–water partition coefficient (Wildman–Crippen LogP) is -0.524. The van der Waals surface area contributed by atoms with Crippen LogP contribution in [0.2, 0.25) is 0 Å². The molecule has 2 aromatic heterocycles. The Hall–Kier alpha value is -1.91. The lowest BCUT2D eigenvalue weighted by Gasteiger charge is -1.86. The molecule has 5 nitrogen and oxygen atoms in total. The fourth-order valence-corrected chi connectivity index (χ4v) is 1.01. The number of fused-ring (bicyclic) bond motifs is 1. The van der Waals surface area contributed by atoms with Crippen molar-refractivity contribution in [3.63, 3.8) is 0 Å². The number of rotatable bonds is 1. The lowest BCUT2D eigenvalue weighted by molar-refractivity contribution is -0.347. The van der Waals surface area contributed by atoms with Crippen LogP contribution >= 0.6 is 0 Å². The summed E-state index contributed by atoms with van der Waals surface area (Å²) in [6, 6.07) is 3.33. The minimum atomic E-state index is -0.522. The van der Waals surface area contributed by atoms with E-state index in [0.717, 1.165) is 5.52 Å². The zero-order chi connectivity index (χ0) is 8.55. The van der Waals surface area contributed by atoms with E-state index in [4.69, 9.17) is 5.73 Å². The predicted molar refractivity (Wildman–Crippen MR) is 41.2 cm³/mol. The van der Waals surface area contributed by atoms with Gasteiger partial charge in [0.25, 0.3) is 11.6 Å². The highest BCUT2D eigenvalue weighted by atomic mass is 16.1. The van der Waals surface area contributed by atoms with Crippen LogP contribution in [0.3, 0.4) is 0 Å². The number of nitrogens with one attached hydrogen (secondary N) is 2. The minimum Gasteiger partial charge on any atom is -0.363 e. The first kappa shape index (κ1) is 6.78. The van der Waals surface area contributed by atoms with Gasteiger partial charge in [-0.3, -0.25) is 9.78 Å². The third-order valence-corrected chi connectivity index (χ3v) is 1.58. The van der Waals surface area contributed by atoms with Gasteiger partial charge in [0, 0.05) is 0 Å². The summed E-state index contributed by atoms with van der Waals surface area (Å²) in [5.74, 6) is -0.522. The summed E-state index contributed by atoms with van der Waals surface area (Å²) in [5.41, 5.74) is 6.79. The number of nitrogens with two attached hydrogens (primary N) is 1. The van der Waals surface area contributed by atoms with Crippen LogP contribution in [0.15, 0.2) is 18.5 Å². The summed E-state index contributed by atoms with van der Waals surface area (Å²) in [5, 5.41) is 0. The van der Waals surface area contributed by atoms with Crippen molar-refractivity contribution in [1.29, 1.82) is 0 Å². The molecule has 0 aliphatic carbocycles. The molecule has 0 spiro atoms. The molecule has 0 unspecified atom stereocenters. The Balaban J connectivity index is 2.68. The topological polar surface area (TPSA) is 85.9 Å². The Morgan fingerprint density at radius 2 is 2.42 bits per heavy atom. The summed E-state index contributed by atoms with van der Waals surface area (Å²) < 4.78 is 0. The Labute approximate surface area is 67.6 Å². The average molecular weight is 163 g/mol. The molecule has 2 rings (SSSR count). The third kappa shape index (κ3) is 0.914. The van der Waals surface area contributed by atoms with Crippen molar-refractivity contribution in [2.75, 3.05) is 0 Å². The number of pyridine rings is 1. The van der Waals surface area contributed by atoms with Crippen LogP contribution in [0.4, 0.5) is 0 Å². The minimum absolute atomic E-state index is 0.262. The standard InChI is InChI=1S/C7H6N4O/c8-6(12)4-1-2-5-7(11-4)10-3-9-5/h1-3H,(H2,8,12)(H,9,10,11)/p+1. The molecule has 5 heteroatoms. The van der Waals surface area contributed by atoms with E-state index < -0.39 is 5.91 Å². The molecule has 0 atom stereocenters. The van der Waals surface area contributed by atoms with Gasteiger partial charge < -0.3 is 5.73 Å². The van der Waals surface area contributed by atoms with Crippen molar-refractivity contribution >= 4 is 17.1 Å². The van der Waals surface area contributed by atoms with Gasteiger partial charge in [0.15, 0.2) is 11.8 Å². The molecule has 4 N–H and O–H groups in total.